The van der Waals surface area contributed by atoms with Gasteiger partial charge in [-0.2, -0.15) is 0 Å². The Kier molecular flexibility index (Phi) is 6.39. The summed E-state index contributed by atoms with van der Waals surface area (Å²) in [4.78, 5) is 31.9. The number of halogens is 1. The molecule has 11 nitrogen and oxygen atoms in total. The largest absolute Gasteiger partial charge is 0.481 e. The van der Waals surface area contributed by atoms with Crippen molar-refractivity contribution < 1.29 is 43.6 Å². The van der Waals surface area contributed by atoms with Crippen molar-refractivity contribution in [3.8, 4) is 0 Å². The molecule has 2 rings (SSSR count). The minimum absolute atomic E-state index is 0.461. The van der Waals surface area contributed by atoms with Gasteiger partial charge in [-0.1, -0.05) is 22.0 Å². The number of aliphatic hydroxyl groups excluding tert-OH is 2. The molecule has 0 saturated carbocycles. The lowest BCUT2D eigenvalue weighted by molar-refractivity contribution is -0.134. The molecule has 0 aromatic heterocycles. The molecule has 0 bridgehead atoms. The van der Waals surface area contributed by atoms with E-state index in [0.29, 0.717) is 4.48 Å². The van der Waals surface area contributed by atoms with E-state index in [1.54, 1.807) is 0 Å². The van der Waals surface area contributed by atoms with Crippen LogP contribution in [-0.2, 0) is 23.4 Å². The van der Waals surface area contributed by atoms with E-state index in [4.69, 9.17) is 15.6 Å². The van der Waals surface area contributed by atoms with Crippen LogP contribution >= 0.6 is 23.5 Å². The third kappa shape index (κ3) is 4.86. The fourth-order valence-corrected chi connectivity index (χ4v) is 3.74. The third-order valence-corrected chi connectivity index (χ3v) is 5.75. The molecule has 2 aliphatic rings. The van der Waals surface area contributed by atoms with Gasteiger partial charge in [-0.3, -0.25) is 14.2 Å². The highest BCUT2D eigenvalue weighted by molar-refractivity contribution is 9.11. The molecule has 13 heteroatoms. The number of nitrogens with one attached hydrogen (secondary N) is 1. The van der Waals surface area contributed by atoms with Gasteiger partial charge in [0.15, 0.2) is 0 Å². The predicted molar refractivity (Wildman–Crippen MR) is 85.6 cm³/mol. The molecule has 7 N–H and O–H groups in total. The molecule has 3 unspecified atom stereocenters. The number of carbonyl (C=O) groups excluding carboxylic acids is 1. The SMILES string of the molecule is NC1NC(=O)C([C@H]2O[C@H](COP(=O)(O)CC(=O)O)[C@@H](O)[C@@H]2O)C=C1Br. The quantitative estimate of drug-likeness (QED) is 0.251. The number of amides is 1. The van der Waals surface area contributed by atoms with Crippen LogP contribution in [0.5, 0.6) is 0 Å². The second kappa shape index (κ2) is 7.80. The summed E-state index contributed by atoms with van der Waals surface area (Å²) in [6.45, 7) is -0.630. The number of aliphatic hydroxyl groups is 2. The summed E-state index contributed by atoms with van der Waals surface area (Å²) in [7, 11) is -4.42. The van der Waals surface area contributed by atoms with E-state index >= 15 is 0 Å². The highest BCUT2D eigenvalue weighted by Gasteiger charge is 2.49. The van der Waals surface area contributed by atoms with Gasteiger partial charge in [0.2, 0.25) is 5.91 Å². The molecular weight excluding hydrogens is 427 g/mol. The van der Waals surface area contributed by atoms with E-state index in [1.807, 2.05) is 0 Å². The number of ether oxygens (including phenoxy) is 1. The van der Waals surface area contributed by atoms with Crippen LogP contribution in [0.25, 0.3) is 0 Å². The zero-order valence-electron chi connectivity index (χ0n) is 12.7. The highest BCUT2D eigenvalue weighted by atomic mass is 79.9. The first-order valence-corrected chi connectivity index (χ1v) is 9.70. The molecule has 1 amide bonds. The highest BCUT2D eigenvalue weighted by Crippen LogP contribution is 2.42. The molecule has 2 heterocycles. The number of carboxylic acid groups (broad SMARTS) is 1. The van der Waals surface area contributed by atoms with Crippen LogP contribution < -0.4 is 11.1 Å². The Labute approximate surface area is 150 Å². The number of carboxylic acids is 1. The molecule has 7 atom stereocenters. The molecule has 1 fully saturated rings. The smallest absolute Gasteiger partial charge is 0.339 e. The second-order valence-corrected chi connectivity index (χ2v) is 8.43. The summed E-state index contributed by atoms with van der Waals surface area (Å²) >= 11 is 3.17. The van der Waals surface area contributed by atoms with Crippen LogP contribution in [0.3, 0.4) is 0 Å². The van der Waals surface area contributed by atoms with Crippen molar-refractivity contribution >= 4 is 35.4 Å². The van der Waals surface area contributed by atoms with E-state index in [2.05, 4.69) is 25.8 Å². The van der Waals surface area contributed by atoms with E-state index in [0.717, 1.165) is 0 Å². The number of carbonyl (C=O) groups is 2. The molecule has 0 aromatic rings. The van der Waals surface area contributed by atoms with Crippen molar-refractivity contribution in [2.75, 3.05) is 12.8 Å². The molecule has 0 radical (unpaired) electrons. The fraction of sp³-hybridized carbons (Fsp3) is 0.667. The second-order valence-electron chi connectivity index (χ2n) is 5.67. The van der Waals surface area contributed by atoms with Crippen molar-refractivity contribution in [1.82, 2.24) is 5.32 Å². The Morgan fingerprint density at radius 1 is 1.44 bits per heavy atom. The summed E-state index contributed by atoms with van der Waals surface area (Å²) < 4.78 is 22.0. The molecule has 2 aliphatic heterocycles. The molecule has 0 aromatic carbocycles. The molecular formula is C12H18BrN2O9P. The number of hydrogen-bond acceptors (Lipinski definition) is 8. The molecule has 0 spiro atoms. The molecule has 25 heavy (non-hydrogen) atoms. The van der Waals surface area contributed by atoms with Crippen LogP contribution in [0.4, 0.5) is 0 Å². The van der Waals surface area contributed by atoms with Gasteiger partial charge < -0.3 is 40.5 Å². The Balaban J connectivity index is 2.04. The minimum atomic E-state index is -4.42. The minimum Gasteiger partial charge on any atom is -0.481 e. The Morgan fingerprint density at radius 2 is 2.08 bits per heavy atom. The maximum atomic E-state index is 12.0. The lowest BCUT2D eigenvalue weighted by Crippen LogP contribution is -2.52. The Bertz CT molecular complexity index is 630. The van der Waals surface area contributed by atoms with Crippen molar-refractivity contribution in [3.05, 3.63) is 10.6 Å². The van der Waals surface area contributed by atoms with Crippen LogP contribution in [0.1, 0.15) is 0 Å². The summed E-state index contributed by atoms with van der Waals surface area (Å²) in [5, 5.41) is 31.1. The number of rotatable bonds is 6. The summed E-state index contributed by atoms with van der Waals surface area (Å²) in [5.41, 5.74) is 5.63. The monoisotopic (exact) mass is 444 g/mol. The van der Waals surface area contributed by atoms with Gasteiger partial charge in [0, 0.05) is 4.48 Å². The van der Waals surface area contributed by atoms with Gasteiger partial charge in [-0.05, 0) is 0 Å². The van der Waals surface area contributed by atoms with Crippen molar-refractivity contribution in [2.45, 2.75) is 30.6 Å². The topological polar surface area (TPSA) is 189 Å². The van der Waals surface area contributed by atoms with Crippen molar-refractivity contribution in [2.24, 2.45) is 11.7 Å². The van der Waals surface area contributed by atoms with Crippen LogP contribution in [-0.4, -0.2) is 75.4 Å². The Hall–Kier alpha value is -0.850. The van der Waals surface area contributed by atoms with Crippen LogP contribution in [0.2, 0.25) is 0 Å². The first kappa shape index (κ1) is 20.5. The van der Waals surface area contributed by atoms with Crippen LogP contribution in [0, 0.1) is 5.92 Å². The maximum Gasteiger partial charge on any atom is 0.339 e. The Morgan fingerprint density at radius 3 is 2.68 bits per heavy atom. The fourth-order valence-electron chi connectivity index (χ4n) is 2.53. The average Bonchev–Trinajstić information content (AvgIpc) is 2.76. The van der Waals surface area contributed by atoms with E-state index in [9.17, 15) is 29.3 Å². The van der Waals surface area contributed by atoms with Crippen molar-refractivity contribution in [1.29, 1.82) is 0 Å². The zero-order valence-corrected chi connectivity index (χ0v) is 15.2. The first-order valence-electron chi connectivity index (χ1n) is 7.15. The summed E-state index contributed by atoms with van der Waals surface area (Å²) in [6, 6.07) is 0. The van der Waals surface area contributed by atoms with E-state index in [1.165, 1.54) is 6.08 Å². The number of nitrogens with two attached hydrogens (primary N) is 1. The average molecular weight is 445 g/mol. The molecule has 0 aliphatic carbocycles. The van der Waals surface area contributed by atoms with E-state index in [-0.39, 0.29) is 0 Å². The maximum absolute atomic E-state index is 12.0. The summed E-state index contributed by atoms with van der Waals surface area (Å²) in [5.74, 6) is -3.00. The predicted octanol–water partition coefficient (Wildman–Crippen LogP) is -1.93. The lowest BCUT2D eigenvalue weighted by atomic mass is 9.93. The van der Waals surface area contributed by atoms with Gasteiger partial charge in [-0.25, -0.2) is 0 Å². The van der Waals surface area contributed by atoms with Crippen molar-refractivity contribution in [3.63, 3.8) is 0 Å². The van der Waals surface area contributed by atoms with Gasteiger partial charge in [-0.15, -0.1) is 0 Å². The van der Waals surface area contributed by atoms with Gasteiger partial charge >= 0.3 is 13.6 Å². The molecule has 142 valence electrons. The van der Waals surface area contributed by atoms with Gasteiger partial charge in [0.1, 0.15) is 36.7 Å². The normalized spacial score (nSPS) is 38.0. The molecule has 1 saturated heterocycles. The summed E-state index contributed by atoms with van der Waals surface area (Å²) in [6.07, 6.45) is -5.72. The first-order chi connectivity index (χ1) is 11.5. The zero-order chi connectivity index (χ0) is 18.9. The third-order valence-electron chi connectivity index (χ3n) is 3.77. The number of aliphatic carboxylic acids is 1. The standard InChI is InChI=1S/C12H18BrN2O9P/c13-5-1-4(12(20)15-11(5)14)10-9(19)8(18)6(24-10)2-23-25(21,22)3-7(16)17/h1,4,6,8-11,18-19H,2-3,14H2,(H,15,20)(H,16,17)(H,21,22)/t4?,6-,8-,9+,10-,11?/m1/s1. The lowest BCUT2D eigenvalue weighted by Gasteiger charge is -2.29. The van der Waals surface area contributed by atoms with Gasteiger partial charge in [0.25, 0.3) is 0 Å². The van der Waals surface area contributed by atoms with Gasteiger partial charge in [0.05, 0.1) is 12.5 Å². The van der Waals surface area contributed by atoms with E-state index < -0.39 is 68.7 Å². The van der Waals surface area contributed by atoms with Crippen LogP contribution in [0.15, 0.2) is 10.6 Å². The number of hydrogen-bond donors (Lipinski definition) is 6.